The van der Waals surface area contributed by atoms with Gasteiger partial charge in [-0.05, 0) is 81.6 Å². The number of rotatable bonds is 6. The van der Waals surface area contributed by atoms with Crippen LogP contribution in [-0.4, -0.2) is 33.9 Å². The van der Waals surface area contributed by atoms with Crippen LogP contribution in [0.2, 0.25) is 0 Å². The highest BCUT2D eigenvalue weighted by Gasteiger charge is 2.34. The van der Waals surface area contributed by atoms with Gasteiger partial charge in [0.1, 0.15) is 17.6 Å². The van der Waals surface area contributed by atoms with E-state index in [1.807, 2.05) is 58.9 Å². The van der Waals surface area contributed by atoms with Crippen LogP contribution in [0.5, 0.6) is 5.75 Å². The second-order valence-electron chi connectivity index (χ2n) is 9.61. The average molecular weight is 510 g/mol. The van der Waals surface area contributed by atoms with Gasteiger partial charge in [0, 0.05) is 11.6 Å². The summed E-state index contributed by atoms with van der Waals surface area (Å²) in [5.41, 5.74) is 4.01. The number of amides is 1. The molecular weight excluding hydrogens is 479 g/mol. The van der Waals surface area contributed by atoms with Crippen molar-refractivity contribution < 1.29 is 22.7 Å². The average Bonchev–Trinajstić information content (AvgIpc) is 3.24. The Kier molecular flexibility index (Phi) is 7.04. The lowest BCUT2D eigenvalue weighted by Gasteiger charge is -2.35. The Hall–Kier alpha value is -3.81. The molecule has 1 heterocycles. The Bertz CT molecular complexity index is 1420. The van der Waals surface area contributed by atoms with Crippen LogP contribution >= 0.6 is 0 Å². The number of imidazole rings is 1. The van der Waals surface area contributed by atoms with E-state index >= 15 is 0 Å². The maximum atomic E-state index is 14.2. The van der Waals surface area contributed by atoms with Crippen molar-refractivity contribution in [3.05, 3.63) is 93.8 Å². The van der Waals surface area contributed by atoms with Crippen molar-refractivity contribution in [2.45, 2.75) is 52.9 Å². The molecule has 4 rings (SSSR count). The van der Waals surface area contributed by atoms with Crippen molar-refractivity contribution in [2.75, 3.05) is 7.11 Å². The number of hydrogen-bond donors (Lipinski definition) is 1. The van der Waals surface area contributed by atoms with E-state index in [-0.39, 0.29) is 17.5 Å². The van der Waals surface area contributed by atoms with Crippen LogP contribution in [0, 0.1) is 20.8 Å². The summed E-state index contributed by atoms with van der Waals surface area (Å²) in [6.45, 7) is 9.63. The van der Waals surface area contributed by atoms with Crippen LogP contribution < -0.4 is 4.74 Å². The molecular formula is C29H30F3N3O2. The number of halogens is 3. The van der Waals surface area contributed by atoms with Gasteiger partial charge in [-0.2, -0.15) is 13.2 Å². The number of nitrogens with zero attached hydrogens (tertiary/aromatic N) is 2. The van der Waals surface area contributed by atoms with Crippen molar-refractivity contribution in [2.24, 2.45) is 0 Å². The maximum absolute atomic E-state index is 14.2. The van der Waals surface area contributed by atoms with E-state index in [2.05, 4.69) is 9.97 Å². The van der Waals surface area contributed by atoms with Gasteiger partial charge in [0.15, 0.2) is 0 Å². The lowest BCUT2D eigenvalue weighted by atomic mass is 9.96. The van der Waals surface area contributed by atoms with Gasteiger partial charge < -0.3 is 14.6 Å². The van der Waals surface area contributed by atoms with Gasteiger partial charge >= 0.3 is 6.18 Å². The number of aryl methyl sites for hydroxylation is 3. The SMILES string of the molecule is COc1ccc(C(c2nc3cc(C(F)(F)F)ccc3[nH]2)N(C(=O)c2c(C)cc(C)cc2C)C(C)C)cc1. The van der Waals surface area contributed by atoms with E-state index in [9.17, 15) is 18.0 Å². The Morgan fingerprint density at radius 3 is 2.14 bits per heavy atom. The molecule has 0 radical (unpaired) electrons. The number of carbonyl (C=O) groups excluding carboxylic acids is 1. The molecule has 0 spiro atoms. The zero-order chi connectivity index (χ0) is 27.1. The summed E-state index contributed by atoms with van der Waals surface area (Å²) in [5.74, 6) is 0.848. The Morgan fingerprint density at radius 2 is 1.59 bits per heavy atom. The van der Waals surface area contributed by atoms with Crippen LogP contribution in [0.15, 0.2) is 54.6 Å². The molecule has 1 atom stereocenters. The zero-order valence-corrected chi connectivity index (χ0v) is 21.7. The quantitative estimate of drug-likeness (QED) is 0.300. The first kappa shape index (κ1) is 26.3. The first-order chi connectivity index (χ1) is 17.4. The van der Waals surface area contributed by atoms with Crippen molar-refractivity contribution in [1.29, 1.82) is 0 Å². The number of fused-ring (bicyclic) bond motifs is 1. The van der Waals surface area contributed by atoms with Gasteiger partial charge in [-0.1, -0.05) is 29.8 Å². The number of ether oxygens (including phenoxy) is 1. The molecule has 1 N–H and O–H groups in total. The predicted molar refractivity (Wildman–Crippen MR) is 138 cm³/mol. The number of H-pyrrole nitrogens is 1. The number of carbonyl (C=O) groups is 1. The molecule has 1 unspecified atom stereocenters. The Morgan fingerprint density at radius 1 is 0.973 bits per heavy atom. The number of aromatic amines is 1. The number of alkyl halides is 3. The van der Waals surface area contributed by atoms with E-state index in [0.29, 0.717) is 22.7 Å². The molecule has 0 saturated carbocycles. The summed E-state index contributed by atoms with van der Waals surface area (Å²) in [5, 5.41) is 0. The fraction of sp³-hybridized carbons (Fsp3) is 0.310. The Balaban J connectivity index is 1.91. The van der Waals surface area contributed by atoms with Crippen LogP contribution in [0.4, 0.5) is 13.2 Å². The predicted octanol–water partition coefficient (Wildman–Crippen LogP) is 7.16. The smallest absolute Gasteiger partial charge is 0.416 e. The molecule has 0 fully saturated rings. The molecule has 5 nitrogen and oxygen atoms in total. The lowest BCUT2D eigenvalue weighted by molar-refractivity contribution is -0.137. The molecule has 0 aliphatic carbocycles. The summed E-state index contributed by atoms with van der Waals surface area (Å²) >= 11 is 0. The number of hydrogen-bond acceptors (Lipinski definition) is 3. The third-order valence-electron chi connectivity index (χ3n) is 6.48. The molecule has 4 aromatic rings. The molecule has 0 aliphatic heterocycles. The second kappa shape index (κ2) is 9.92. The third-order valence-corrected chi connectivity index (χ3v) is 6.48. The number of benzene rings is 3. The minimum Gasteiger partial charge on any atom is -0.497 e. The monoisotopic (exact) mass is 509 g/mol. The molecule has 1 amide bonds. The first-order valence-corrected chi connectivity index (χ1v) is 12.0. The van der Waals surface area contributed by atoms with Crippen LogP contribution in [0.1, 0.15) is 63.9 Å². The maximum Gasteiger partial charge on any atom is 0.416 e. The first-order valence-electron chi connectivity index (χ1n) is 12.0. The van der Waals surface area contributed by atoms with Crippen LogP contribution in [0.3, 0.4) is 0 Å². The molecule has 37 heavy (non-hydrogen) atoms. The topological polar surface area (TPSA) is 58.2 Å². The summed E-state index contributed by atoms with van der Waals surface area (Å²) in [6.07, 6.45) is -4.48. The van der Waals surface area contributed by atoms with E-state index in [4.69, 9.17) is 4.74 Å². The van der Waals surface area contributed by atoms with Gasteiger partial charge in [-0.3, -0.25) is 4.79 Å². The third kappa shape index (κ3) is 5.19. The van der Waals surface area contributed by atoms with Gasteiger partial charge in [0.05, 0.1) is 23.7 Å². The number of nitrogens with one attached hydrogen (secondary N) is 1. The van der Waals surface area contributed by atoms with Gasteiger partial charge in [0.2, 0.25) is 0 Å². The summed E-state index contributed by atoms with van der Waals surface area (Å²) in [4.78, 5) is 23.6. The van der Waals surface area contributed by atoms with Gasteiger partial charge in [-0.25, -0.2) is 4.98 Å². The molecule has 0 saturated heterocycles. The Labute approximate surface area is 214 Å². The van der Waals surface area contributed by atoms with Crippen LogP contribution in [0.25, 0.3) is 11.0 Å². The fourth-order valence-electron chi connectivity index (χ4n) is 4.86. The summed E-state index contributed by atoms with van der Waals surface area (Å²) in [7, 11) is 1.57. The molecule has 0 bridgehead atoms. The zero-order valence-electron chi connectivity index (χ0n) is 21.7. The number of methoxy groups -OCH3 is 1. The highest BCUT2D eigenvalue weighted by Crippen LogP contribution is 2.35. The largest absolute Gasteiger partial charge is 0.497 e. The highest BCUT2D eigenvalue weighted by atomic mass is 19.4. The molecule has 1 aromatic heterocycles. The van der Waals surface area contributed by atoms with E-state index in [0.717, 1.165) is 34.4 Å². The summed E-state index contributed by atoms with van der Waals surface area (Å²) in [6, 6.07) is 13.7. The highest BCUT2D eigenvalue weighted by molar-refractivity contribution is 5.98. The molecule has 3 aromatic carbocycles. The standard InChI is InChI=1S/C29H30F3N3O2/c1-16(2)35(28(36)25-18(4)13-17(3)14-19(25)5)26(20-7-10-22(37-6)11-8-20)27-33-23-12-9-21(29(30,31)32)15-24(23)34-27/h7-16,26H,1-6H3,(H,33,34). The van der Waals surface area contributed by atoms with Crippen molar-refractivity contribution in [3.63, 3.8) is 0 Å². The molecule has 0 aliphatic rings. The minimum atomic E-state index is -4.48. The van der Waals surface area contributed by atoms with Gasteiger partial charge in [0.25, 0.3) is 5.91 Å². The van der Waals surface area contributed by atoms with Crippen molar-refractivity contribution >= 4 is 16.9 Å². The second-order valence-corrected chi connectivity index (χ2v) is 9.61. The van der Waals surface area contributed by atoms with E-state index < -0.39 is 17.8 Å². The molecule has 8 heteroatoms. The summed E-state index contributed by atoms with van der Waals surface area (Å²) < 4.78 is 45.3. The number of aromatic nitrogens is 2. The van der Waals surface area contributed by atoms with E-state index in [1.165, 1.54) is 6.07 Å². The van der Waals surface area contributed by atoms with E-state index in [1.54, 1.807) is 24.1 Å². The van der Waals surface area contributed by atoms with Crippen LogP contribution in [-0.2, 0) is 6.18 Å². The fourth-order valence-corrected chi connectivity index (χ4v) is 4.86. The van der Waals surface area contributed by atoms with Gasteiger partial charge in [-0.15, -0.1) is 0 Å². The normalized spacial score (nSPS) is 12.7. The minimum absolute atomic E-state index is 0.178. The lowest BCUT2D eigenvalue weighted by Crippen LogP contribution is -2.41. The van der Waals surface area contributed by atoms with Crippen molar-refractivity contribution in [3.8, 4) is 5.75 Å². The molecule has 194 valence electrons. The van der Waals surface area contributed by atoms with Crippen molar-refractivity contribution in [1.82, 2.24) is 14.9 Å².